The van der Waals surface area contributed by atoms with Crippen molar-refractivity contribution in [1.82, 2.24) is 5.32 Å². The van der Waals surface area contributed by atoms with Gasteiger partial charge in [-0.25, -0.2) is 4.79 Å². The number of ether oxygens (including phenoxy) is 1. The Morgan fingerprint density at radius 3 is 2.96 bits per heavy atom. The first kappa shape index (κ1) is 17.3. The summed E-state index contributed by atoms with van der Waals surface area (Å²) < 4.78 is 10.4. The Morgan fingerprint density at radius 2 is 2.21 bits per heavy atom. The highest BCUT2D eigenvalue weighted by atomic mass is 16.5. The molecule has 0 aliphatic heterocycles. The van der Waals surface area contributed by atoms with E-state index in [0.717, 1.165) is 5.69 Å². The van der Waals surface area contributed by atoms with E-state index >= 15 is 0 Å². The second kappa shape index (κ2) is 8.56. The molecule has 2 aromatic rings. The highest BCUT2D eigenvalue weighted by Gasteiger charge is 2.13. The summed E-state index contributed by atoms with van der Waals surface area (Å²) in [6.45, 7) is 0.974. The van der Waals surface area contributed by atoms with Gasteiger partial charge in [-0.3, -0.25) is 4.79 Å². The lowest BCUT2D eigenvalue weighted by Gasteiger charge is -2.06. The van der Waals surface area contributed by atoms with Crippen LogP contribution in [0.1, 0.15) is 10.4 Å². The van der Waals surface area contributed by atoms with Crippen LogP contribution < -0.4 is 16.3 Å². The molecule has 1 aromatic carbocycles. The molecule has 0 aliphatic rings. The van der Waals surface area contributed by atoms with Crippen molar-refractivity contribution in [2.24, 2.45) is 5.11 Å². The number of amides is 1. The standard InChI is InChI=1S/C15H17N5O4/c1-17-11-3-2-10-8-12(15(22)24-13(10)9-11)14(21)18-4-6-23-7-5-19-20-16/h2-3,8-9,17H,4-7H2,1H3,(H,18,21). The van der Waals surface area contributed by atoms with Gasteiger partial charge in [-0.15, -0.1) is 0 Å². The van der Waals surface area contributed by atoms with E-state index in [2.05, 4.69) is 20.7 Å². The zero-order valence-corrected chi connectivity index (χ0v) is 13.1. The molecular weight excluding hydrogens is 314 g/mol. The minimum absolute atomic E-state index is 0.0613. The predicted molar refractivity (Wildman–Crippen MR) is 89.2 cm³/mol. The Kier molecular flexibility index (Phi) is 6.18. The topological polar surface area (TPSA) is 129 Å². The summed E-state index contributed by atoms with van der Waals surface area (Å²) in [7, 11) is 1.76. The molecule has 9 nitrogen and oxygen atoms in total. The molecule has 9 heteroatoms. The number of benzene rings is 1. The summed E-state index contributed by atoms with van der Waals surface area (Å²) in [5.74, 6) is -0.526. The lowest BCUT2D eigenvalue weighted by molar-refractivity contribution is 0.0916. The third-order valence-corrected chi connectivity index (χ3v) is 3.20. The highest BCUT2D eigenvalue weighted by Crippen LogP contribution is 2.18. The summed E-state index contributed by atoms with van der Waals surface area (Å²) >= 11 is 0. The largest absolute Gasteiger partial charge is 0.422 e. The minimum atomic E-state index is -0.697. The fourth-order valence-corrected chi connectivity index (χ4v) is 2.01. The van der Waals surface area contributed by atoms with Gasteiger partial charge in [0.05, 0.1) is 13.2 Å². The van der Waals surface area contributed by atoms with Crippen LogP contribution in [0.15, 0.2) is 38.6 Å². The van der Waals surface area contributed by atoms with Crippen molar-refractivity contribution >= 4 is 22.6 Å². The smallest absolute Gasteiger partial charge is 0.349 e. The van der Waals surface area contributed by atoms with Crippen molar-refractivity contribution < 1.29 is 13.9 Å². The van der Waals surface area contributed by atoms with Crippen LogP contribution in [0.2, 0.25) is 0 Å². The van der Waals surface area contributed by atoms with Gasteiger partial charge in [0.2, 0.25) is 0 Å². The van der Waals surface area contributed by atoms with Crippen LogP contribution in [-0.2, 0) is 4.74 Å². The lowest BCUT2D eigenvalue weighted by Crippen LogP contribution is -2.31. The van der Waals surface area contributed by atoms with Crippen molar-refractivity contribution in [3.05, 3.63) is 50.7 Å². The van der Waals surface area contributed by atoms with Crippen molar-refractivity contribution in [2.45, 2.75) is 0 Å². The lowest BCUT2D eigenvalue weighted by atomic mass is 10.1. The molecule has 0 atom stereocenters. The number of nitrogens with zero attached hydrogens (tertiary/aromatic N) is 3. The monoisotopic (exact) mass is 331 g/mol. The summed E-state index contributed by atoms with van der Waals surface area (Å²) in [5, 5.41) is 9.50. The van der Waals surface area contributed by atoms with E-state index in [9.17, 15) is 9.59 Å². The maximum atomic E-state index is 12.1. The van der Waals surface area contributed by atoms with E-state index in [0.29, 0.717) is 11.0 Å². The molecule has 1 aromatic heterocycles. The van der Waals surface area contributed by atoms with E-state index in [1.165, 1.54) is 6.07 Å². The zero-order chi connectivity index (χ0) is 17.4. The van der Waals surface area contributed by atoms with E-state index in [-0.39, 0.29) is 31.9 Å². The van der Waals surface area contributed by atoms with E-state index in [1.807, 2.05) is 6.07 Å². The number of azide groups is 1. The first-order valence-electron chi connectivity index (χ1n) is 7.28. The maximum absolute atomic E-state index is 12.1. The quantitative estimate of drug-likeness (QED) is 0.251. The van der Waals surface area contributed by atoms with E-state index < -0.39 is 11.5 Å². The molecule has 0 fully saturated rings. The van der Waals surface area contributed by atoms with Gasteiger partial charge in [-0.1, -0.05) is 5.11 Å². The SMILES string of the molecule is CNc1ccc2cc(C(=O)NCCOCCN=[N+]=[N-])c(=O)oc2c1. The molecule has 1 heterocycles. The third-order valence-electron chi connectivity index (χ3n) is 3.20. The Hall–Kier alpha value is -3.03. The number of rotatable bonds is 8. The van der Waals surface area contributed by atoms with Gasteiger partial charge in [0.25, 0.3) is 5.91 Å². The van der Waals surface area contributed by atoms with Gasteiger partial charge < -0.3 is 19.8 Å². The molecule has 0 aliphatic carbocycles. The minimum Gasteiger partial charge on any atom is -0.422 e. The Balaban J connectivity index is 1.98. The van der Waals surface area contributed by atoms with Gasteiger partial charge in [-0.2, -0.15) is 0 Å². The van der Waals surface area contributed by atoms with Gasteiger partial charge in [0.1, 0.15) is 11.1 Å². The number of fused-ring (bicyclic) bond motifs is 1. The molecule has 0 bridgehead atoms. The number of hydrogen-bond donors (Lipinski definition) is 2. The number of hydrogen-bond acceptors (Lipinski definition) is 6. The second-order valence-electron chi connectivity index (χ2n) is 4.77. The molecule has 126 valence electrons. The fourth-order valence-electron chi connectivity index (χ4n) is 2.01. The average Bonchev–Trinajstić information content (AvgIpc) is 2.59. The van der Waals surface area contributed by atoms with Crippen LogP contribution >= 0.6 is 0 Å². The van der Waals surface area contributed by atoms with E-state index in [1.54, 1.807) is 19.2 Å². The Morgan fingerprint density at radius 1 is 1.38 bits per heavy atom. The molecule has 2 N–H and O–H groups in total. The molecule has 0 saturated carbocycles. The zero-order valence-electron chi connectivity index (χ0n) is 13.1. The van der Waals surface area contributed by atoms with Crippen molar-refractivity contribution in [3.63, 3.8) is 0 Å². The van der Waals surface area contributed by atoms with Crippen LogP contribution in [0.25, 0.3) is 21.4 Å². The molecule has 0 radical (unpaired) electrons. The van der Waals surface area contributed by atoms with Crippen LogP contribution in [0, 0.1) is 0 Å². The third kappa shape index (κ3) is 4.48. The molecule has 24 heavy (non-hydrogen) atoms. The van der Waals surface area contributed by atoms with Crippen LogP contribution in [-0.4, -0.2) is 39.3 Å². The summed E-state index contributed by atoms with van der Waals surface area (Å²) in [6.07, 6.45) is 0. The van der Waals surface area contributed by atoms with Crippen molar-refractivity contribution in [3.8, 4) is 0 Å². The molecule has 2 rings (SSSR count). The Labute approximate surface area is 137 Å². The number of nitrogens with one attached hydrogen (secondary N) is 2. The molecular formula is C15H17N5O4. The fraction of sp³-hybridized carbons (Fsp3) is 0.333. The predicted octanol–water partition coefficient (Wildman–Crippen LogP) is 1.89. The van der Waals surface area contributed by atoms with Gasteiger partial charge in [-0.05, 0) is 23.7 Å². The van der Waals surface area contributed by atoms with Crippen molar-refractivity contribution in [2.75, 3.05) is 38.7 Å². The van der Waals surface area contributed by atoms with E-state index in [4.69, 9.17) is 14.7 Å². The molecule has 1 amide bonds. The first-order chi connectivity index (χ1) is 11.7. The van der Waals surface area contributed by atoms with Crippen LogP contribution in [0.5, 0.6) is 0 Å². The van der Waals surface area contributed by atoms with Gasteiger partial charge in [0.15, 0.2) is 0 Å². The number of anilines is 1. The molecule has 0 saturated heterocycles. The summed E-state index contributed by atoms with van der Waals surface area (Å²) in [4.78, 5) is 26.6. The molecule has 0 spiro atoms. The van der Waals surface area contributed by atoms with Crippen LogP contribution in [0.3, 0.4) is 0 Å². The van der Waals surface area contributed by atoms with Gasteiger partial charge >= 0.3 is 5.63 Å². The summed E-state index contributed by atoms with van der Waals surface area (Å²) in [6, 6.07) is 6.77. The summed E-state index contributed by atoms with van der Waals surface area (Å²) in [5.41, 5.74) is 8.56. The normalized spacial score (nSPS) is 10.2. The maximum Gasteiger partial charge on any atom is 0.349 e. The van der Waals surface area contributed by atoms with Gasteiger partial charge in [0, 0.05) is 42.2 Å². The average molecular weight is 331 g/mol. The highest BCUT2D eigenvalue weighted by molar-refractivity contribution is 5.96. The van der Waals surface area contributed by atoms with Crippen molar-refractivity contribution in [1.29, 1.82) is 0 Å². The molecule has 0 unspecified atom stereocenters. The first-order valence-corrected chi connectivity index (χ1v) is 7.28. The number of carbonyl (C=O) groups excluding carboxylic acids is 1. The second-order valence-corrected chi connectivity index (χ2v) is 4.77. The van der Waals surface area contributed by atoms with Crippen LogP contribution in [0.4, 0.5) is 5.69 Å². The number of carbonyl (C=O) groups is 1. The Bertz CT molecular complexity index is 826.